The summed E-state index contributed by atoms with van der Waals surface area (Å²) in [6.07, 6.45) is 6.82. The number of hydrogen-bond donors (Lipinski definition) is 2. The standard InChI is InChI=1S/C20H25N7O2/c21-19-18-15(12-9-13-1-2-14(10-12)29-13)11-17(26-5-7-28-8-6-26)23-20(18)27(25-19)16-3-4-22-24-16/h3-4,11-14H,1-2,5-10H2,(H2,21,25)(H,22,24). The number of H-pyrrole nitrogens is 1. The first-order valence-corrected chi connectivity index (χ1v) is 10.4. The van der Waals surface area contributed by atoms with Crippen molar-refractivity contribution in [1.29, 1.82) is 0 Å². The van der Waals surface area contributed by atoms with Crippen LogP contribution in [-0.4, -0.2) is 63.5 Å². The lowest BCUT2D eigenvalue weighted by Gasteiger charge is -2.31. The fraction of sp³-hybridized carbons (Fsp3) is 0.550. The molecule has 6 rings (SSSR count). The van der Waals surface area contributed by atoms with Gasteiger partial charge in [0.15, 0.2) is 17.3 Å². The Labute approximate surface area is 168 Å². The number of fused-ring (bicyclic) bond motifs is 3. The Bertz CT molecular complexity index is 1010. The van der Waals surface area contributed by atoms with E-state index < -0.39 is 0 Å². The van der Waals surface area contributed by atoms with Gasteiger partial charge in [0.1, 0.15) is 5.82 Å². The number of morpholine rings is 1. The number of nitrogen functional groups attached to an aromatic ring is 1. The van der Waals surface area contributed by atoms with Crippen molar-refractivity contribution >= 4 is 22.7 Å². The number of rotatable bonds is 3. The third kappa shape index (κ3) is 2.87. The number of pyridine rings is 1. The molecule has 3 fully saturated rings. The second-order valence-corrected chi connectivity index (χ2v) is 8.23. The SMILES string of the molecule is Nc1nn(-c2ccn[nH]2)c2nc(N3CCOCC3)cc(C3CC4CCC(C3)O4)c12. The van der Waals surface area contributed by atoms with E-state index in [0.29, 0.717) is 23.9 Å². The van der Waals surface area contributed by atoms with Crippen LogP contribution in [0, 0.1) is 0 Å². The molecule has 0 aliphatic carbocycles. The van der Waals surface area contributed by atoms with Gasteiger partial charge in [-0.3, -0.25) is 5.10 Å². The quantitative estimate of drug-likeness (QED) is 0.698. The van der Waals surface area contributed by atoms with Crippen LogP contribution in [0.25, 0.3) is 16.9 Å². The maximum Gasteiger partial charge on any atom is 0.169 e. The summed E-state index contributed by atoms with van der Waals surface area (Å²) in [5.41, 5.74) is 8.46. The smallest absolute Gasteiger partial charge is 0.169 e. The molecule has 152 valence electrons. The van der Waals surface area contributed by atoms with Crippen LogP contribution in [0.1, 0.15) is 37.2 Å². The molecule has 3 aliphatic heterocycles. The predicted octanol–water partition coefficient (Wildman–Crippen LogP) is 1.99. The first kappa shape index (κ1) is 17.2. The van der Waals surface area contributed by atoms with Gasteiger partial charge in [-0.1, -0.05) is 0 Å². The maximum absolute atomic E-state index is 6.43. The lowest BCUT2D eigenvalue weighted by molar-refractivity contribution is -0.00359. The van der Waals surface area contributed by atoms with Gasteiger partial charge in [-0.05, 0) is 43.2 Å². The van der Waals surface area contributed by atoms with Crippen molar-refractivity contribution in [2.24, 2.45) is 0 Å². The number of aromatic amines is 1. The van der Waals surface area contributed by atoms with Crippen LogP contribution in [-0.2, 0) is 9.47 Å². The van der Waals surface area contributed by atoms with Crippen molar-refractivity contribution in [2.75, 3.05) is 36.9 Å². The minimum atomic E-state index is 0.359. The number of nitrogens with two attached hydrogens (primary N) is 1. The van der Waals surface area contributed by atoms with Gasteiger partial charge in [-0.15, -0.1) is 5.10 Å². The molecule has 0 spiro atoms. The molecule has 0 amide bonds. The number of hydrogen-bond acceptors (Lipinski definition) is 7. The van der Waals surface area contributed by atoms with E-state index in [2.05, 4.69) is 26.3 Å². The van der Waals surface area contributed by atoms with Crippen LogP contribution in [0.2, 0.25) is 0 Å². The van der Waals surface area contributed by atoms with Gasteiger partial charge in [0, 0.05) is 19.2 Å². The molecular formula is C20H25N7O2. The first-order valence-electron chi connectivity index (χ1n) is 10.4. The second kappa shape index (κ2) is 6.70. The predicted molar refractivity (Wildman–Crippen MR) is 108 cm³/mol. The van der Waals surface area contributed by atoms with Crippen molar-refractivity contribution in [3.05, 3.63) is 23.9 Å². The van der Waals surface area contributed by atoms with Crippen molar-refractivity contribution in [3.63, 3.8) is 0 Å². The van der Waals surface area contributed by atoms with E-state index >= 15 is 0 Å². The minimum Gasteiger partial charge on any atom is -0.382 e. The van der Waals surface area contributed by atoms with Gasteiger partial charge >= 0.3 is 0 Å². The molecule has 29 heavy (non-hydrogen) atoms. The zero-order chi connectivity index (χ0) is 19.4. The van der Waals surface area contributed by atoms with Gasteiger partial charge in [0.05, 0.1) is 37.0 Å². The Kier molecular flexibility index (Phi) is 3.98. The van der Waals surface area contributed by atoms with Gasteiger partial charge in [-0.2, -0.15) is 9.78 Å². The topological polar surface area (TPSA) is 107 Å². The molecule has 0 radical (unpaired) electrons. The van der Waals surface area contributed by atoms with Crippen LogP contribution >= 0.6 is 0 Å². The van der Waals surface area contributed by atoms with Gasteiger partial charge < -0.3 is 20.1 Å². The van der Waals surface area contributed by atoms with Crippen LogP contribution in [0.3, 0.4) is 0 Å². The summed E-state index contributed by atoms with van der Waals surface area (Å²) in [6, 6.07) is 4.11. The van der Waals surface area contributed by atoms with E-state index in [1.54, 1.807) is 10.9 Å². The molecule has 3 aromatic heterocycles. The molecule has 2 atom stereocenters. The molecule has 3 aliphatic rings. The Hall–Kier alpha value is -2.65. The summed E-state index contributed by atoms with van der Waals surface area (Å²) >= 11 is 0. The van der Waals surface area contributed by atoms with E-state index in [9.17, 15) is 0 Å². The number of nitrogens with one attached hydrogen (secondary N) is 1. The van der Waals surface area contributed by atoms with Gasteiger partial charge in [0.2, 0.25) is 0 Å². The first-order chi connectivity index (χ1) is 14.3. The third-order valence-electron chi connectivity index (χ3n) is 6.46. The second-order valence-electron chi connectivity index (χ2n) is 8.23. The summed E-state index contributed by atoms with van der Waals surface area (Å²) in [7, 11) is 0. The Morgan fingerprint density at radius 3 is 2.66 bits per heavy atom. The largest absolute Gasteiger partial charge is 0.382 e. The maximum atomic E-state index is 6.43. The van der Waals surface area contributed by atoms with E-state index in [4.69, 9.17) is 20.2 Å². The van der Waals surface area contributed by atoms with Crippen molar-refractivity contribution in [1.82, 2.24) is 25.0 Å². The third-order valence-corrected chi connectivity index (χ3v) is 6.46. The highest BCUT2D eigenvalue weighted by Gasteiger charge is 2.37. The lowest BCUT2D eigenvalue weighted by atomic mass is 9.87. The summed E-state index contributed by atoms with van der Waals surface area (Å²) in [6.45, 7) is 3.12. The van der Waals surface area contributed by atoms with Gasteiger partial charge in [-0.25, -0.2) is 4.98 Å². The van der Waals surface area contributed by atoms with E-state index in [-0.39, 0.29) is 0 Å². The van der Waals surface area contributed by atoms with Crippen LogP contribution in [0.4, 0.5) is 11.6 Å². The fourth-order valence-electron chi connectivity index (χ4n) is 5.08. The van der Waals surface area contributed by atoms with E-state index in [0.717, 1.165) is 74.7 Å². The Balaban J connectivity index is 1.53. The highest BCUT2D eigenvalue weighted by Crippen LogP contribution is 2.44. The van der Waals surface area contributed by atoms with Crippen LogP contribution < -0.4 is 10.6 Å². The zero-order valence-electron chi connectivity index (χ0n) is 16.3. The number of nitrogens with zero attached hydrogens (tertiary/aromatic N) is 5. The average molecular weight is 395 g/mol. The molecule has 0 saturated carbocycles. The molecular weight excluding hydrogens is 370 g/mol. The molecule has 0 aromatic carbocycles. The molecule has 3 aromatic rings. The summed E-state index contributed by atoms with van der Waals surface area (Å²) in [5.74, 6) is 2.66. The molecule has 3 saturated heterocycles. The molecule has 3 N–H and O–H groups in total. The van der Waals surface area contributed by atoms with E-state index in [1.807, 2.05) is 6.07 Å². The monoisotopic (exact) mass is 395 g/mol. The lowest BCUT2D eigenvalue weighted by Crippen LogP contribution is -2.37. The van der Waals surface area contributed by atoms with Crippen LogP contribution in [0.5, 0.6) is 0 Å². The summed E-state index contributed by atoms with van der Waals surface area (Å²) < 4.78 is 13.4. The molecule has 9 nitrogen and oxygen atoms in total. The normalized spacial score (nSPS) is 27.0. The van der Waals surface area contributed by atoms with Crippen molar-refractivity contribution in [3.8, 4) is 5.82 Å². The highest BCUT2D eigenvalue weighted by molar-refractivity contribution is 5.92. The van der Waals surface area contributed by atoms with Crippen molar-refractivity contribution in [2.45, 2.75) is 43.8 Å². The summed E-state index contributed by atoms with van der Waals surface area (Å²) in [4.78, 5) is 7.29. The number of ether oxygens (including phenoxy) is 2. The highest BCUT2D eigenvalue weighted by atomic mass is 16.5. The van der Waals surface area contributed by atoms with Crippen molar-refractivity contribution < 1.29 is 9.47 Å². The molecule has 2 unspecified atom stereocenters. The summed E-state index contributed by atoms with van der Waals surface area (Å²) in [5, 5.41) is 12.6. The average Bonchev–Trinajstić information content (AvgIpc) is 3.48. The molecule has 9 heteroatoms. The van der Waals surface area contributed by atoms with Gasteiger partial charge in [0.25, 0.3) is 0 Å². The number of aromatic nitrogens is 5. The van der Waals surface area contributed by atoms with E-state index in [1.165, 1.54) is 5.56 Å². The number of anilines is 2. The zero-order valence-corrected chi connectivity index (χ0v) is 16.3. The molecule has 6 heterocycles. The molecule has 2 bridgehead atoms. The Morgan fingerprint density at radius 1 is 1.14 bits per heavy atom. The van der Waals surface area contributed by atoms with Crippen LogP contribution in [0.15, 0.2) is 18.3 Å². The fourth-order valence-corrected chi connectivity index (χ4v) is 5.08. The minimum absolute atomic E-state index is 0.359. The Morgan fingerprint density at radius 2 is 1.93 bits per heavy atom.